The third-order valence-corrected chi connectivity index (χ3v) is 9.12. The molecule has 6 unspecified atom stereocenters. The highest BCUT2D eigenvalue weighted by molar-refractivity contribution is 7.54. The van der Waals surface area contributed by atoms with Crippen molar-refractivity contribution in [3.05, 3.63) is 38.7 Å². The summed E-state index contributed by atoms with van der Waals surface area (Å²) in [7, 11) is -4.51. The Bertz CT molecular complexity index is 1240. The SMILES string of the molecule is CCC(CC)(CC1OC(n2cc3c(=O)cc(C)[nH]c3nc2=O)C(O)C1O)OP(=O)(O)C(C)(O)CC. The van der Waals surface area contributed by atoms with Gasteiger partial charge in [-0.25, -0.2) is 4.79 Å². The standard InChI is InChI=1S/C22H34N3O9P/c1-6-21(5,30)35(31,32)34-22(7-2,8-3)10-15-16(27)17(28)19(33-15)25-11-13-14(26)9-12(4)23-18(13)24-20(25)29/h9,11,15-17,19,27-28,30H,6-8,10H2,1-5H3,(H,31,32)(H,23,24,29). The summed E-state index contributed by atoms with van der Waals surface area (Å²) >= 11 is 0. The summed E-state index contributed by atoms with van der Waals surface area (Å²) in [6, 6.07) is 1.34. The minimum atomic E-state index is -4.51. The zero-order chi connectivity index (χ0) is 26.3. The van der Waals surface area contributed by atoms with E-state index in [1.165, 1.54) is 19.2 Å². The van der Waals surface area contributed by atoms with Crippen LogP contribution in [0.5, 0.6) is 0 Å². The first-order chi connectivity index (χ1) is 16.2. The number of aromatic amines is 1. The third-order valence-electron chi connectivity index (χ3n) is 6.95. The first kappa shape index (κ1) is 27.7. The average molecular weight is 516 g/mol. The lowest BCUT2D eigenvalue weighted by Crippen LogP contribution is -2.41. The van der Waals surface area contributed by atoms with Crippen LogP contribution in [0.2, 0.25) is 0 Å². The molecule has 12 nitrogen and oxygen atoms in total. The summed E-state index contributed by atoms with van der Waals surface area (Å²) in [6.07, 6.45) is -3.88. The van der Waals surface area contributed by atoms with Gasteiger partial charge >= 0.3 is 13.3 Å². The van der Waals surface area contributed by atoms with E-state index in [9.17, 15) is 34.4 Å². The monoisotopic (exact) mass is 515 g/mol. The number of ether oxygens (including phenoxy) is 1. The van der Waals surface area contributed by atoms with Gasteiger partial charge in [-0.1, -0.05) is 20.8 Å². The van der Waals surface area contributed by atoms with E-state index < -0.39 is 48.8 Å². The fourth-order valence-corrected chi connectivity index (χ4v) is 5.64. The Labute approximate surface area is 202 Å². The molecular formula is C22H34N3O9P. The Hall–Kier alpha value is -1.92. The molecule has 0 bridgehead atoms. The van der Waals surface area contributed by atoms with Gasteiger partial charge in [-0.2, -0.15) is 4.98 Å². The summed E-state index contributed by atoms with van der Waals surface area (Å²) < 4.78 is 25.3. The number of nitrogens with zero attached hydrogens (tertiary/aromatic N) is 2. The smallest absolute Gasteiger partial charge is 0.359 e. The van der Waals surface area contributed by atoms with Crippen molar-refractivity contribution in [1.82, 2.24) is 14.5 Å². The lowest BCUT2D eigenvalue weighted by Gasteiger charge is -2.39. The first-order valence-corrected chi connectivity index (χ1v) is 13.2. The van der Waals surface area contributed by atoms with Gasteiger partial charge in [0.05, 0.1) is 17.1 Å². The van der Waals surface area contributed by atoms with Crippen LogP contribution in [0.25, 0.3) is 11.0 Å². The number of hydrogen-bond donors (Lipinski definition) is 5. The first-order valence-electron chi connectivity index (χ1n) is 11.6. The van der Waals surface area contributed by atoms with Crippen LogP contribution in [0.1, 0.15) is 65.3 Å². The molecule has 1 saturated heterocycles. The molecule has 1 aliphatic rings. The Morgan fingerprint density at radius 3 is 2.40 bits per heavy atom. The Balaban J connectivity index is 1.93. The molecule has 1 aliphatic heterocycles. The van der Waals surface area contributed by atoms with Gasteiger partial charge in [-0.15, -0.1) is 0 Å². The lowest BCUT2D eigenvalue weighted by molar-refractivity contribution is -0.0773. The van der Waals surface area contributed by atoms with E-state index in [0.717, 1.165) is 4.57 Å². The summed E-state index contributed by atoms with van der Waals surface area (Å²) in [5, 5.41) is 29.9. The van der Waals surface area contributed by atoms with E-state index in [4.69, 9.17) is 9.26 Å². The molecule has 0 amide bonds. The number of aliphatic hydroxyl groups excluding tert-OH is 2. The highest BCUT2D eigenvalue weighted by Crippen LogP contribution is 2.59. The molecule has 0 aromatic carbocycles. The van der Waals surface area contributed by atoms with Crippen molar-refractivity contribution in [2.45, 2.75) is 95.8 Å². The number of aromatic nitrogens is 3. The summed E-state index contributed by atoms with van der Waals surface area (Å²) in [5.74, 6) is 0. The second-order valence-corrected chi connectivity index (χ2v) is 11.5. The maximum Gasteiger partial charge on any atom is 0.359 e. The number of aryl methyl sites for hydroxylation is 1. The molecule has 0 spiro atoms. The molecule has 13 heteroatoms. The lowest BCUT2D eigenvalue weighted by atomic mass is 9.88. The van der Waals surface area contributed by atoms with Crippen LogP contribution < -0.4 is 11.1 Å². The van der Waals surface area contributed by atoms with E-state index in [-0.39, 0.29) is 42.1 Å². The van der Waals surface area contributed by atoms with Crippen molar-refractivity contribution in [3.63, 3.8) is 0 Å². The van der Waals surface area contributed by atoms with Gasteiger partial charge in [0.15, 0.2) is 17.0 Å². The Morgan fingerprint density at radius 1 is 1.20 bits per heavy atom. The molecule has 5 N–H and O–H groups in total. The molecular weight excluding hydrogens is 481 g/mol. The summed E-state index contributed by atoms with van der Waals surface area (Å²) in [6.45, 7) is 7.88. The number of rotatable bonds is 9. The molecule has 2 aromatic heterocycles. The number of hydrogen-bond acceptors (Lipinski definition) is 9. The van der Waals surface area contributed by atoms with E-state index in [1.54, 1.807) is 27.7 Å². The quantitative estimate of drug-likeness (QED) is 0.305. The van der Waals surface area contributed by atoms with E-state index in [1.807, 2.05) is 0 Å². The van der Waals surface area contributed by atoms with Gasteiger partial charge in [-0.3, -0.25) is 18.5 Å². The molecule has 3 rings (SSSR count). The van der Waals surface area contributed by atoms with Crippen molar-refractivity contribution in [3.8, 4) is 0 Å². The van der Waals surface area contributed by atoms with Crippen LogP contribution in [-0.2, 0) is 13.8 Å². The van der Waals surface area contributed by atoms with Crippen molar-refractivity contribution in [1.29, 1.82) is 0 Å². The number of fused-ring (bicyclic) bond motifs is 1. The third kappa shape index (κ3) is 5.15. The van der Waals surface area contributed by atoms with E-state index in [0.29, 0.717) is 5.69 Å². The zero-order valence-electron chi connectivity index (χ0n) is 20.5. The predicted molar refractivity (Wildman–Crippen MR) is 127 cm³/mol. The number of H-pyrrole nitrogens is 1. The molecule has 196 valence electrons. The minimum Gasteiger partial charge on any atom is -0.388 e. The van der Waals surface area contributed by atoms with Crippen molar-refractivity contribution in [2.24, 2.45) is 0 Å². The molecule has 6 atom stereocenters. The molecule has 1 fully saturated rings. The second kappa shape index (κ2) is 9.85. The summed E-state index contributed by atoms with van der Waals surface area (Å²) in [4.78, 5) is 42.2. The van der Waals surface area contributed by atoms with Gasteiger partial charge in [0.1, 0.15) is 17.9 Å². The maximum atomic E-state index is 12.9. The van der Waals surface area contributed by atoms with Crippen LogP contribution >= 0.6 is 7.60 Å². The topological polar surface area (TPSA) is 184 Å². The second-order valence-electron chi connectivity index (χ2n) is 9.33. The van der Waals surface area contributed by atoms with Crippen LogP contribution in [0, 0.1) is 6.92 Å². The molecule has 0 radical (unpaired) electrons. The van der Waals surface area contributed by atoms with Gasteiger partial charge in [0, 0.05) is 24.4 Å². The van der Waals surface area contributed by atoms with Gasteiger partial charge in [0.25, 0.3) is 0 Å². The van der Waals surface area contributed by atoms with Gasteiger partial charge in [-0.05, 0) is 33.1 Å². The van der Waals surface area contributed by atoms with Crippen LogP contribution in [0.15, 0.2) is 21.9 Å². The number of nitrogens with one attached hydrogen (secondary N) is 1. The zero-order valence-corrected chi connectivity index (χ0v) is 21.4. The summed E-state index contributed by atoms with van der Waals surface area (Å²) in [5.41, 5.74) is -1.84. The Kier molecular flexibility index (Phi) is 7.79. The van der Waals surface area contributed by atoms with Crippen molar-refractivity contribution >= 4 is 18.6 Å². The minimum absolute atomic E-state index is 0.0236. The highest BCUT2D eigenvalue weighted by Gasteiger charge is 2.51. The fraction of sp³-hybridized carbons (Fsp3) is 0.682. The molecule has 0 aliphatic carbocycles. The van der Waals surface area contributed by atoms with Gasteiger partial charge < -0.3 is 29.9 Å². The number of aliphatic hydroxyl groups is 3. The van der Waals surface area contributed by atoms with Gasteiger partial charge in [0.2, 0.25) is 0 Å². The molecule has 35 heavy (non-hydrogen) atoms. The fourth-order valence-electron chi connectivity index (χ4n) is 4.18. The van der Waals surface area contributed by atoms with Crippen molar-refractivity contribution in [2.75, 3.05) is 0 Å². The maximum absolute atomic E-state index is 12.9. The van der Waals surface area contributed by atoms with Crippen LogP contribution in [0.4, 0.5) is 0 Å². The average Bonchev–Trinajstić information content (AvgIpc) is 3.05. The molecule has 3 heterocycles. The van der Waals surface area contributed by atoms with E-state index in [2.05, 4.69) is 9.97 Å². The normalized spacial score (nSPS) is 26.5. The number of pyridine rings is 1. The van der Waals surface area contributed by atoms with Crippen molar-refractivity contribution < 1.29 is 34.0 Å². The largest absolute Gasteiger partial charge is 0.388 e. The Morgan fingerprint density at radius 2 is 1.83 bits per heavy atom. The molecule has 2 aromatic rings. The predicted octanol–water partition coefficient (Wildman–Crippen LogP) is 1.28. The van der Waals surface area contributed by atoms with Crippen LogP contribution in [-0.4, -0.2) is 64.0 Å². The van der Waals surface area contributed by atoms with E-state index >= 15 is 0 Å². The molecule has 0 saturated carbocycles. The highest BCUT2D eigenvalue weighted by atomic mass is 31.2. The van der Waals surface area contributed by atoms with Crippen LogP contribution in [0.3, 0.4) is 0 Å².